The molecule has 1 aromatic heterocycles. The fourth-order valence-electron chi connectivity index (χ4n) is 1.73. The highest BCUT2D eigenvalue weighted by atomic mass is 19.1. The van der Waals surface area contributed by atoms with Crippen molar-refractivity contribution in [1.82, 2.24) is 14.8 Å². The zero-order valence-corrected chi connectivity index (χ0v) is 11.3. The van der Waals surface area contributed by atoms with Crippen LogP contribution in [0.5, 0.6) is 0 Å². The van der Waals surface area contributed by atoms with Gasteiger partial charge in [-0.25, -0.2) is 23.2 Å². The largest absolute Gasteiger partial charge is 0.454 e. The number of benzene rings is 1. The molecular weight excluding hydrogens is 282 g/mol. The lowest BCUT2D eigenvalue weighted by Gasteiger charge is -2.07. The van der Waals surface area contributed by atoms with E-state index in [1.54, 1.807) is 4.68 Å². The van der Waals surface area contributed by atoms with Crippen molar-refractivity contribution in [3.8, 4) is 0 Å². The second kappa shape index (κ2) is 6.29. The van der Waals surface area contributed by atoms with E-state index in [2.05, 4.69) is 10.1 Å². The molecule has 0 aliphatic heterocycles. The Morgan fingerprint density at radius 3 is 2.86 bits per heavy atom. The van der Waals surface area contributed by atoms with Crippen LogP contribution in [-0.2, 0) is 17.9 Å². The topological polar surface area (TPSA) is 83.0 Å². The Labute approximate surface area is 119 Å². The first-order valence-electron chi connectivity index (χ1n) is 6.31. The minimum absolute atomic E-state index is 0.157. The SMILES string of the molecule is CCCn1ncnc1COC(=O)c1cc(N)c(F)cc1F. The van der Waals surface area contributed by atoms with E-state index < -0.39 is 23.2 Å². The molecule has 2 N–H and O–H groups in total. The number of rotatable bonds is 5. The van der Waals surface area contributed by atoms with Crippen LogP contribution in [0.15, 0.2) is 18.5 Å². The van der Waals surface area contributed by atoms with Gasteiger partial charge in [0.25, 0.3) is 0 Å². The fraction of sp³-hybridized carbons (Fsp3) is 0.308. The van der Waals surface area contributed by atoms with Crippen molar-refractivity contribution in [3.05, 3.63) is 41.5 Å². The highest BCUT2D eigenvalue weighted by Gasteiger charge is 2.17. The van der Waals surface area contributed by atoms with Crippen molar-refractivity contribution in [2.75, 3.05) is 5.73 Å². The standard InChI is InChI=1S/C13H14F2N4O2/c1-2-3-19-12(17-7-18-19)6-21-13(20)8-4-11(16)10(15)5-9(8)14/h4-5,7H,2-3,6,16H2,1H3. The maximum Gasteiger partial charge on any atom is 0.341 e. The first-order valence-corrected chi connectivity index (χ1v) is 6.31. The van der Waals surface area contributed by atoms with Gasteiger partial charge in [0.1, 0.15) is 18.0 Å². The number of aryl methyl sites for hydroxylation is 1. The summed E-state index contributed by atoms with van der Waals surface area (Å²) in [4.78, 5) is 15.7. The number of aromatic nitrogens is 3. The summed E-state index contributed by atoms with van der Waals surface area (Å²) in [6.45, 7) is 2.44. The van der Waals surface area contributed by atoms with E-state index in [4.69, 9.17) is 10.5 Å². The van der Waals surface area contributed by atoms with E-state index in [1.165, 1.54) is 6.33 Å². The number of carbonyl (C=O) groups excluding carboxylic acids is 1. The number of nitrogen functional groups attached to an aromatic ring is 1. The quantitative estimate of drug-likeness (QED) is 0.673. The molecule has 8 heteroatoms. The van der Waals surface area contributed by atoms with Gasteiger partial charge in [0.05, 0.1) is 11.3 Å². The normalized spacial score (nSPS) is 10.6. The molecule has 0 saturated heterocycles. The molecule has 0 radical (unpaired) electrons. The maximum absolute atomic E-state index is 13.5. The molecule has 0 amide bonds. The summed E-state index contributed by atoms with van der Waals surface area (Å²) in [6.07, 6.45) is 2.18. The minimum atomic E-state index is -1.03. The van der Waals surface area contributed by atoms with Gasteiger partial charge in [-0.15, -0.1) is 0 Å². The second-order valence-electron chi connectivity index (χ2n) is 4.33. The van der Waals surface area contributed by atoms with Crippen molar-refractivity contribution in [2.24, 2.45) is 0 Å². The fourth-order valence-corrected chi connectivity index (χ4v) is 1.73. The van der Waals surface area contributed by atoms with Gasteiger partial charge in [-0.1, -0.05) is 6.92 Å². The molecule has 0 fully saturated rings. The molecular formula is C13H14F2N4O2. The Kier molecular flexibility index (Phi) is 4.46. The number of ether oxygens (including phenoxy) is 1. The summed E-state index contributed by atoms with van der Waals surface area (Å²) < 4.78 is 33.1. The predicted molar refractivity (Wildman–Crippen MR) is 70.2 cm³/mol. The average molecular weight is 296 g/mol. The van der Waals surface area contributed by atoms with Crippen LogP contribution in [0, 0.1) is 11.6 Å². The summed E-state index contributed by atoms with van der Waals surface area (Å²) >= 11 is 0. The monoisotopic (exact) mass is 296 g/mol. The molecule has 0 aliphatic carbocycles. The second-order valence-corrected chi connectivity index (χ2v) is 4.33. The molecule has 0 atom stereocenters. The van der Waals surface area contributed by atoms with E-state index in [0.717, 1.165) is 12.5 Å². The molecule has 0 spiro atoms. The molecule has 2 aromatic rings. The number of nitrogens with two attached hydrogens (primary N) is 1. The molecule has 1 aromatic carbocycles. The van der Waals surface area contributed by atoms with Crippen LogP contribution in [0.25, 0.3) is 0 Å². The van der Waals surface area contributed by atoms with Crippen LogP contribution < -0.4 is 5.73 Å². The lowest BCUT2D eigenvalue weighted by Crippen LogP contribution is -2.12. The summed E-state index contributed by atoms with van der Waals surface area (Å²) in [5.41, 5.74) is 4.56. The van der Waals surface area contributed by atoms with Crippen molar-refractivity contribution < 1.29 is 18.3 Å². The summed E-state index contributed by atoms with van der Waals surface area (Å²) in [5.74, 6) is -2.44. The van der Waals surface area contributed by atoms with Crippen molar-refractivity contribution >= 4 is 11.7 Å². The zero-order valence-electron chi connectivity index (χ0n) is 11.3. The van der Waals surface area contributed by atoms with E-state index in [-0.39, 0.29) is 12.3 Å². The highest BCUT2D eigenvalue weighted by Crippen LogP contribution is 2.17. The number of nitrogens with zero attached hydrogens (tertiary/aromatic N) is 3. The van der Waals surface area contributed by atoms with Gasteiger partial charge in [-0.3, -0.25) is 0 Å². The summed E-state index contributed by atoms with van der Waals surface area (Å²) in [6, 6.07) is 1.45. The van der Waals surface area contributed by atoms with Crippen LogP contribution in [0.3, 0.4) is 0 Å². The molecule has 2 rings (SSSR count). The Hall–Kier alpha value is -2.51. The number of esters is 1. The lowest BCUT2D eigenvalue weighted by atomic mass is 10.2. The molecule has 6 nitrogen and oxygen atoms in total. The Morgan fingerprint density at radius 2 is 2.14 bits per heavy atom. The van der Waals surface area contributed by atoms with Crippen molar-refractivity contribution in [3.63, 3.8) is 0 Å². The average Bonchev–Trinajstić information content (AvgIpc) is 2.88. The third kappa shape index (κ3) is 3.33. The summed E-state index contributed by atoms with van der Waals surface area (Å²) in [7, 11) is 0. The third-order valence-electron chi connectivity index (χ3n) is 2.77. The number of hydrogen-bond acceptors (Lipinski definition) is 5. The molecule has 1 heterocycles. The van der Waals surface area contributed by atoms with Crippen molar-refractivity contribution in [1.29, 1.82) is 0 Å². The molecule has 112 valence electrons. The minimum Gasteiger partial charge on any atom is -0.454 e. The number of carbonyl (C=O) groups is 1. The van der Waals surface area contributed by atoms with Gasteiger partial charge in [-0.05, 0) is 12.5 Å². The number of hydrogen-bond donors (Lipinski definition) is 1. The first kappa shape index (κ1) is 14.9. The zero-order chi connectivity index (χ0) is 15.4. The number of anilines is 1. The van der Waals surface area contributed by atoms with Crippen LogP contribution in [0.4, 0.5) is 14.5 Å². The number of halogens is 2. The van der Waals surface area contributed by atoms with Crippen LogP contribution in [-0.4, -0.2) is 20.7 Å². The third-order valence-corrected chi connectivity index (χ3v) is 2.77. The van der Waals surface area contributed by atoms with Gasteiger partial charge >= 0.3 is 5.97 Å². The van der Waals surface area contributed by atoms with Crippen LogP contribution in [0.1, 0.15) is 29.5 Å². The smallest absolute Gasteiger partial charge is 0.341 e. The highest BCUT2D eigenvalue weighted by molar-refractivity contribution is 5.90. The molecule has 0 aliphatic rings. The van der Waals surface area contributed by atoms with Gasteiger partial charge < -0.3 is 10.5 Å². The van der Waals surface area contributed by atoms with E-state index in [9.17, 15) is 13.6 Å². The van der Waals surface area contributed by atoms with E-state index >= 15 is 0 Å². The molecule has 0 bridgehead atoms. The molecule has 21 heavy (non-hydrogen) atoms. The molecule has 0 saturated carbocycles. The van der Waals surface area contributed by atoms with E-state index in [0.29, 0.717) is 18.4 Å². The van der Waals surface area contributed by atoms with E-state index in [1.807, 2.05) is 6.92 Å². The molecule has 0 unspecified atom stereocenters. The maximum atomic E-state index is 13.5. The van der Waals surface area contributed by atoms with Crippen LogP contribution >= 0.6 is 0 Å². The Bertz CT molecular complexity index is 658. The lowest BCUT2D eigenvalue weighted by molar-refractivity contribution is 0.0451. The Balaban J connectivity index is 2.08. The first-order chi connectivity index (χ1) is 10.0. The predicted octanol–water partition coefficient (Wildman–Crippen LogP) is 1.91. The van der Waals surface area contributed by atoms with Crippen LogP contribution in [0.2, 0.25) is 0 Å². The van der Waals surface area contributed by atoms with Gasteiger partial charge in [0.2, 0.25) is 0 Å². The van der Waals surface area contributed by atoms with Gasteiger partial charge in [0.15, 0.2) is 12.4 Å². The Morgan fingerprint density at radius 1 is 1.38 bits per heavy atom. The van der Waals surface area contributed by atoms with Crippen molar-refractivity contribution in [2.45, 2.75) is 26.5 Å². The van der Waals surface area contributed by atoms with Gasteiger partial charge in [-0.2, -0.15) is 5.10 Å². The van der Waals surface area contributed by atoms with Gasteiger partial charge in [0, 0.05) is 12.6 Å². The summed E-state index contributed by atoms with van der Waals surface area (Å²) in [5, 5.41) is 3.97.